The Morgan fingerprint density at radius 3 is 2.50 bits per heavy atom. The van der Waals surface area contributed by atoms with Gasteiger partial charge in [0, 0.05) is 4.90 Å². The molecule has 0 radical (unpaired) electrons. The zero-order valence-electron chi connectivity index (χ0n) is 12.4. The monoisotopic (exact) mass is 291 g/mol. The minimum atomic E-state index is -0.242. The standard InChI is InChI=1S/C15H21N3OS/c1-10-5-7-11(8-6-10)20-9-12-17-14(19-18-12)13(16)15(2,3)4/h5-8,13H,9,16H2,1-4H3/t13-/m1/s1. The average Bonchev–Trinajstić information content (AvgIpc) is 2.85. The number of rotatable bonds is 4. The molecule has 108 valence electrons. The summed E-state index contributed by atoms with van der Waals surface area (Å²) in [5.41, 5.74) is 7.27. The van der Waals surface area contributed by atoms with Gasteiger partial charge in [-0.25, -0.2) is 0 Å². The number of benzene rings is 1. The zero-order chi connectivity index (χ0) is 14.8. The highest BCUT2D eigenvalue weighted by atomic mass is 32.2. The van der Waals surface area contributed by atoms with E-state index >= 15 is 0 Å². The SMILES string of the molecule is Cc1ccc(SCc2noc([C@@H](N)C(C)(C)C)n2)cc1. The molecule has 4 nitrogen and oxygen atoms in total. The van der Waals surface area contributed by atoms with Crippen LogP contribution in [0.5, 0.6) is 0 Å². The van der Waals surface area contributed by atoms with Crippen molar-refractivity contribution >= 4 is 11.8 Å². The summed E-state index contributed by atoms with van der Waals surface area (Å²) < 4.78 is 5.26. The number of aromatic nitrogens is 2. The first-order valence-corrected chi connectivity index (χ1v) is 7.62. The minimum absolute atomic E-state index is 0.0894. The Labute approximate surface area is 124 Å². The van der Waals surface area contributed by atoms with Crippen molar-refractivity contribution in [2.75, 3.05) is 0 Å². The fraction of sp³-hybridized carbons (Fsp3) is 0.467. The average molecular weight is 291 g/mol. The van der Waals surface area contributed by atoms with Crippen LogP contribution in [0.3, 0.4) is 0 Å². The predicted octanol–water partition coefficient (Wildman–Crippen LogP) is 3.72. The zero-order valence-corrected chi connectivity index (χ0v) is 13.2. The van der Waals surface area contributed by atoms with E-state index in [0.717, 1.165) is 0 Å². The summed E-state index contributed by atoms with van der Waals surface area (Å²) in [7, 11) is 0. The summed E-state index contributed by atoms with van der Waals surface area (Å²) in [4.78, 5) is 5.58. The highest BCUT2D eigenvalue weighted by Crippen LogP contribution is 2.30. The Morgan fingerprint density at radius 1 is 1.25 bits per heavy atom. The molecule has 2 aromatic rings. The smallest absolute Gasteiger partial charge is 0.244 e. The van der Waals surface area contributed by atoms with Crippen LogP contribution in [-0.4, -0.2) is 10.1 Å². The summed E-state index contributed by atoms with van der Waals surface area (Å²) in [6.45, 7) is 8.25. The van der Waals surface area contributed by atoms with E-state index < -0.39 is 0 Å². The van der Waals surface area contributed by atoms with Crippen LogP contribution in [0.1, 0.15) is 44.1 Å². The van der Waals surface area contributed by atoms with Gasteiger partial charge < -0.3 is 10.3 Å². The van der Waals surface area contributed by atoms with E-state index in [1.165, 1.54) is 10.5 Å². The molecular formula is C15H21N3OS. The molecule has 0 amide bonds. The van der Waals surface area contributed by atoms with E-state index in [4.69, 9.17) is 10.3 Å². The van der Waals surface area contributed by atoms with Gasteiger partial charge in [-0.3, -0.25) is 0 Å². The molecule has 2 rings (SSSR count). The molecule has 0 unspecified atom stereocenters. The second kappa shape index (κ2) is 5.97. The molecule has 1 aromatic carbocycles. The van der Waals surface area contributed by atoms with Crippen molar-refractivity contribution in [2.45, 2.75) is 44.4 Å². The molecule has 0 aliphatic heterocycles. The molecule has 0 saturated heterocycles. The number of nitrogens with zero attached hydrogens (tertiary/aromatic N) is 2. The van der Waals surface area contributed by atoms with E-state index in [9.17, 15) is 0 Å². The molecule has 1 aromatic heterocycles. The lowest BCUT2D eigenvalue weighted by Gasteiger charge is -2.23. The summed E-state index contributed by atoms with van der Waals surface area (Å²) in [6.07, 6.45) is 0. The van der Waals surface area contributed by atoms with Gasteiger partial charge in [0.2, 0.25) is 5.89 Å². The first kappa shape index (κ1) is 15.1. The van der Waals surface area contributed by atoms with Gasteiger partial charge in [0.05, 0.1) is 11.8 Å². The normalized spacial score (nSPS) is 13.4. The molecule has 0 aliphatic rings. The van der Waals surface area contributed by atoms with Crippen LogP contribution in [0.4, 0.5) is 0 Å². The van der Waals surface area contributed by atoms with Crippen molar-refractivity contribution < 1.29 is 4.52 Å². The van der Waals surface area contributed by atoms with Crippen LogP contribution in [-0.2, 0) is 5.75 Å². The largest absolute Gasteiger partial charge is 0.338 e. The van der Waals surface area contributed by atoms with Crippen molar-refractivity contribution in [3.05, 3.63) is 41.5 Å². The molecular weight excluding hydrogens is 270 g/mol. The van der Waals surface area contributed by atoms with E-state index in [-0.39, 0.29) is 11.5 Å². The van der Waals surface area contributed by atoms with Gasteiger partial charge in [-0.15, -0.1) is 11.8 Å². The highest BCUT2D eigenvalue weighted by Gasteiger charge is 2.27. The van der Waals surface area contributed by atoms with Crippen LogP contribution in [0.2, 0.25) is 0 Å². The molecule has 0 bridgehead atoms. The summed E-state index contributed by atoms with van der Waals surface area (Å²) in [6, 6.07) is 8.15. The van der Waals surface area contributed by atoms with Crippen LogP contribution >= 0.6 is 11.8 Å². The fourth-order valence-corrected chi connectivity index (χ4v) is 2.35. The molecule has 1 atom stereocenters. The van der Waals surface area contributed by atoms with E-state index in [1.54, 1.807) is 11.8 Å². The third kappa shape index (κ3) is 3.84. The predicted molar refractivity (Wildman–Crippen MR) is 81.4 cm³/mol. The molecule has 0 spiro atoms. The maximum atomic E-state index is 6.11. The number of thioether (sulfide) groups is 1. The maximum Gasteiger partial charge on any atom is 0.244 e. The topological polar surface area (TPSA) is 64.9 Å². The molecule has 0 aliphatic carbocycles. The fourth-order valence-electron chi connectivity index (χ4n) is 1.61. The number of hydrogen-bond donors (Lipinski definition) is 1. The van der Waals surface area contributed by atoms with Gasteiger partial charge in [0.1, 0.15) is 0 Å². The lowest BCUT2D eigenvalue weighted by atomic mass is 9.87. The first-order chi connectivity index (χ1) is 9.36. The van der Waals surface area contributed by atoms with E-state index in [1.807, 2.05) is 0 Å². The Balaban J connectivity index is 1.98. The Bertz CT molecular complexity index is 557. The number of hydrogen-bond acceptors (Lipinski definition) is 5. The second-order valence-electron chi connectivity index (χ2n) is 5.99. The van der Waals surface area contributed by atoms with E-state index in [2.05, 4.69) is 62.1 Å². The Hall–Kier alpha value is -1.33. The second-order valence-corrected chi connectivity index (χ2v) is 7.04. The summed E-state index contributed by atoms with van der Waals surface area (Å²) in [5.74, 6) is 1.88. The number of nitrogens with two attached hydrogens (primary N) is 1. The minimum Gasteiger partial charge on any atom is -0.338 e. The van der Waals surface area contributed by atoms with Crippen molar-refractivity contribution in [3.8, 4) is 0 Å². The quantitative estimate of drug-likeness (QED) is 0.870. The van der Waals surface area contributed by atoms with Crippen molar-refractivity contribution in [1.82, 2.24) is 10.1 Å². The number of aryl methyl sites for hydroxylation is 1. The van der Waals surface area contributed by atoms with Gasteiger partial charge in [-0.1, -0.05) is 43.6 Å². The molecule has 20 heavy (non-hydrogen) atoms. The van der Waals surface area contributed by atoms with Gasteiger partial charge in [0.15, 0.2) is 5.82 Å². The lowest BCUT2D eigenvalue weighted by molar-refractivity contribution is 0.252. The van der Waals surface area contributed by atoms with Gasteiger partial charge in [-0.2, -0.15) is 4.98 Å². The molecule has 0 saturated carbocycles. The van der Waals surface area contributed by atoms with Crippen LogP contribution in [0.25, 0.3) is 0 Å². The molecule has 5 heteroatoms. The summed E-state index contributed by atoms with van der Waals surface area (Å²) in [5, 5.41) is 4.00. The van der Waals surface area contributed by atoms with Crippen molar-refractivity contribution in [3.63, 3.8) is 0 Å². The summed E-state index contributed by atoms with van der Waals surface area (Å²) >= 11 is 1.69. The molecule has 0 fully saturated rings. The third-order valence-corrected chi connectivity index (χ3v) is 4.08. The maximum absolute atomic E-state index is 6.11. The first-order valence-electron chi connectivity index (χ1n) is 6.64. The van der Waals surface area contributed by atoms with Crippen LogP contribution in [0, 0.1) is 12.3 Å². The Kier molecular flexibility index (Phi) is 4.50. The molecule has 2 N–H and O–H groups in total. The van der Waals surface area contributed by atoms with Gasteiger partial charge in [-0.05, 0) is 24.5 Å². The van der Waals surface area contributed by atoms with Crippen molar-refractivity contribution in [1.29, 1.82) is 0 Å². The van der Waals surface area contributed by atoms with Crippen molar-refractivity contribution in [2.24, 2.45) is 11.1 Å². The van der Waals surface area contributed by atoms with Crippen LogP contribution < -0.4 is 5.73 Å². The lowest BCUT2D eigenvalue weighted by Crippen LogP contribution is -2.26. The van der Waals surface area contributed by atoms with Gasteiger partial charge in [0.25, 0.3) is 0 Å². The molecule has 1 heterocycles. The van der Waals surface area contributed by atoms with E-state index in [0.29, 0.717) is 17.5 Å². The van der Waals surface area contributed by atoms with Gasteiger partial charge >= 0.3 is 0 Å². The Morgan fingerprint density at radius 2 is 1.90 bits per heavy atom. The third-order valence-electron chi connectivity index (χ3n) is 3.07. The highest BCUT2D eigenvalue weighted by molar-refractivity contribution is 7.98. The van der Waals surface area contributed by atoms with Crippen LogP contribution in [0.15, 0.2) is 33.7 Å².